The van der Waals surface area contributed by atoms with Crippen molar-refractivity contribution in [2.45, 2.75) is 26.8 Å². The van der Waals surface area contributed by atoms with Crippen molar-refractivity contribution in [3.63, 3.8) is 0 Å². The number of hydrogen-bond acceptors (Lipinski definition) is 2. The van der Waals surface area contributed by atoms with Crippen molar-refractivity contribution in [1.82, 2.24) is 4.72 Å². The van der Waals surface area contributed by atoms with Gasteiger partial charge in [-0.3, -0.25) is 0 Å². The largest absolute Gasteiger partial charge is 0.213 e. The molecular weight excluding hydrogens is 198 g/mol. The maximum Gasteiger partial charge on any atom is 0.212 e. The zero-order chi connectivity index (χ0) is 9.78. The van der Waals surface area contributed by atoms with Crippen LogP contribution >= 0.6 is 11.6 Å². The fourth-order valence-electron chi connectivity index (χ4n) is 0.826. The fraction of sp³-hybridized carbons (Fsp3) is 1.00. The molecule has 0 aromatic rings. The Labute approximate surface area is 79.5 Å². The molecule has 0 bridgehead atoms. The van der Waals surface area contributed by atoms with Crippen LogP contribution in [0.1, 0.15) is 20.8 Å². The van der Waals surface area contributed by atoms with Gasteiger partial charge in [0.1, 0.15) is 0 Å². The smallest absolute Gasteiger partial charge is 0.212 e. The number of hydrogen-bond donors (Lipinski definition) is 1. The first kappa shape index (κ1) is 12.2. The third kappa shape index (κ3) is 5.80. The first-order valence-electron chi connectivity index (χ1n) is 3.93. The lowest BCUT2D eigenvalue weighted by Crippen LogP contribution is -2.34. The summed E-state index contributed by atoms with van der Waals surface area (Å²) in [5.74, 6) is 0.483. The van der Waals surface area contributed by atoms with Gasteiger partial charge in [-0.25, -0.2) is 13.1 Å². The van der Waals surface area contributed by atoms with Crippen molar-refractivity contribution >= 4 is 21.6 Å². The second-order valence-corrected chi connectivity index (χ2v) is 5.42. The molecule has 5 heteroatoms. The highest BCUT2D eigenvalue weighted by Gasteiger charge is 2.15. The van der Waals surface area contributed by atoms with Crippen molar-refractivity contribution in [3.8, 4) is 0 Å². The van der Waals surface area contributed by atoms with E-state index in [0.717, 1.165) is 0 Å². The molecule has 0 saturated carbocycles. The second kappa shape index (κ2) is 5.04. The highest BCUT2D eigenvalue weighted by atomic mass is 35.5. The molecule has 0 aliphatic rings. The molecule has 0 rings (SSSR count). The molecule has 0 spiro atoms. The number of halogens is 1. The van der Waals surface area contributed by atoms with Crippen LogP contribution in [0.2, 0.25) is 0 Å². The zero-order valence-electron chi connectivity index (χ0n) is 7.67. The van der Waals surface area contributed by atoms with Crippen LogP contribution < -0.4 is 4.72 Å². The maximum absolute atomic E-state index is 11.2. The molecule has 3 nitrogen and oxygen atoms in total. The lowest BCUT2D eigenvalue weighted by atomic mass is 10.3. The number of nitrogens with one attached hydrogen (secondary N) is 1. The summed E-state index contributed by atoms with van der Waals surface area (Å²) in [7, 11) is -3.13. The lowest BCUT2D eigenvalue weighted by Gasteiger charge is -2.11. The molecule has 0 radical (unpaired) electrons. The fourth-order valence-corrected chi connectivity index (χ4v) is 2.75. The van der Waals surface area contributed by atoms with E-state index in [9.17, 15) is 8.42 Å². The first-order valence-corrected chi connectivity index (χ1v) is 6.12. The molecule has 0 saturated heterocycles. The standard InChI is InChI=1S/C7H16ClNO2S/c1-6(2)9-12(10,11)5-7(3)4-8/h6-7,9H,4-5H2,1-3H3. The van der Waals surface area contributed by atoms with Gasteiger partial charge in [-0.2, -0.15) is 0 Å². The van der Waals surface area contributed by atoms with E-state index in [2.05, 4.69) is 4.72 Å². The molecule has 0 aliphatic carbocycles. The molecule has 0 amide bonds. The van der Waals surface area contributed by atoms with Crippen molar-refractivity contribution in [2.24, 2.45) is 5.92 Å². The number of sulfonamides is 1. The summed E-state index contributed by atoms with van der Waals surface area (Å²) in [5.41, 5.74) is 0. The SMILES string of the molecule is CC(CCl)CS(=O)(=O)NC(C)C. The Hall–Kier alpha value is 0.200. The van der Waals surface area contributed by atoms with Crippen LogP contribution in [-0.4, -0.2) is 26.1 Å². The quantitative estimate of drug-likeness (QED) is 0.698. The minimum absolute atomic E-state index is 0.00270. The lowest BCUT2D eigenvalue weighted by molar-refractivity contribution is 0.558. The Kier molecular flexibility index (Phi) is 5.13. The van der Waals surface area contributed by atoms with Crippen molar-refractivity contribution in [1.29, 1.82) is 0 Å². The summed E-state index contributed by atoms with van der Waals surface area (Å²) in [5, 5.41) is 0. The van der Waals surface area contributed by atoms with Crippen molar-refractivity contribution < 1.29 is 8.42 Å². The predicted molar refractivity (Wildman–Crippen MR) is 51.9 cm³/mol. The van der Waals surface area contributed by atoms with E-state index in [0.29, 0.717) is 5.88 Å². The van der Waals surface area contributed by atoms with E-state index in [1.165, 1.54) is 0 Å². The summed E-state index contributed by atoms with van der Waals surface area (Å²) in [6.07, 6.45) is 0. The minimum Gasteiger partial charge on any atom is -0.213 e. The Morgan fingerprint density at radius 1 is 1.33 bits per heavy atom. The van der Waals surface area contributed by atoms with Crippen molar-refractivity contribution in [3.05, 3.63) is 0 Å². The van der Waals surface area contributed by atoms with Gasteiger partial charge < -0.3 is 0 Å². The molecule has 0 aliphatic heterocycles. The Morgan fingerprint density at radius 2 is 1.83 bits per heavy atom. The normalized spacial score (nSPS) is 15.1. The summed E-state index contributed by atoms with van der Waals surface area (Å²) in [6.45, 7) is 5.40. The average molecular weight is 214 g/mol. The third-order valence-electron chi connectivity index (χ3n) is 1.18. The summed E-state index contributed by atoms with van der Waals surface area (Å²) < 4.78 is 25.0. The second-order valence-electron chi connectivity index (χ2n) is 3.31. The summed E-state index contributed by atoms with van der Waals surface area (Å²) >= 11 is 5.50. The van der Waals surface area contributed by atoms with Crippen LogP contribution in [0.25, 0.3) is 0 Å². The predicted octanol–water partition coefficient (Wildman–Crippen LogP) is 1.19. The Balaban J connectivity index is 4.05. The van der Waals surface area contributed by atoms with Crippen LogP contribution in [0.5, 0.6) is 0 Å². The molecule has 0 fully saturated rings. The van der Waals surface area contributed by atoms with Gasteiger partial charge in [0.15, 0.2) is 0 Å². The van der Waals surface area contributed by atoms with Crippen LogP contribution in [0.3, 0.4) is 0 Å². The maximum atomic E-state index is 11.2. The zero-order valence-corrected chi connectivity index (χ0v) is 9.24. The summed E-state index contributed by atoms with van der Waals surface area (Å²) in [6, 6.07) is -0.0440. The van der Waals surface area contributed by atoms with E-state index in [1.807, 2.05) is 6.92 Å². The van der Waals surface area contributed by atoms with Crippen LogP contribution in [0.4, 0.5) is 0 Å². The molecule has 74 valence electrons. The topological polar surface area (TPSA) is 46.2 Å². The molecule has 1 unspecified atom stereocenters. The van der Waals surface area contributed by atoms with Gasteiger partial charge in [-0.1, -0.05) is 6.92 Å². The highest BCUT2D eigenvalue weighted by Crippen LogP contribution is 2.02. The molecule has 0 aromatic carbocycles. The van der Waals surface area contributed by atoms with Gasteiger partial charge in [-0.15, -0.1) is 11.6 Å². The molecule has 0 aromatic heterocycles. The van der Waals surface area contributed by atoms with Gasteiger partial charge in [0.2, 0.25) is 10.0 Å². The number of rotatable bonds is 5. The number of alkyl halides is 1. The third-order valence-corrected chi connectivity index (χ3v) is 3.55. The van der Waals surface area contributed by atoms with E-state index in [1.54, 1.807) is 13.8 Å². The van der Waals surface area contributed by atoms with Gasteiger partial charge in [0.05, 0.1) is 5.75 Å². The van der Waals surface area contributed by atoms with Gasteiger partial charge in [-0.05, 0) is 19.8 Å². The van der Waals surface area contributed by atoms with Crippen LogP contribution in [0.15, 0.2) is 0 Å². The minimum atomic E-state index is -3.13. The molecular formula is C7H16ClNO2S. The van der Waals surface area contributed by atoms with Gasteiger partial charge in [0.25, 0.3) is 0 Å². The van der Waals surface area contributed by atoms with Crippen LogP contribution in [0, 0.1) is 5.92 Å². The van der Waals surface area contributed by atoms with Crippen LogP contribution in [-0.2, 0) is 10.0 Å². The molecule has 0 heterocycles. The van der Waals surface area contributed by atoms with E-state index >= 15 is 0 Å². The first-order chi connectivity index (χ1) is 5.37. The van der Waals surface area contributed by atoms with Crippen molar-refractivity contribution in [2.75, 3.05) is 11.6 Å². The Bertz CT molecular complexity index is 213. The van der Waals surface area contributed by atoms with Gasteiger partial charge in [0, 0.05) is 11.9 Å². The molecule has 1 atom stereocenters. The molecule has 1 N–H and O–H groups in total. The highest BCUT2D eigenvalue weighted by molar-refractivity contribution is 7.89. The Morgan fingerprint density at radius 3 is 2.17 bits per heavy atom. The van der Waals surface area contributed by atoms with Gasteiger partial charge >= 0.3 is 0 Å². The molecule has 12 heavy (non-hydrogen) atoms. The van der Waals surface area contributed by atoms with E-state index in [4.69, 9.17) is 11.6 Å². The summed E-state index contributed by atoms with van der Waals surface area (Å²) in [4.78, 5) is 0. The monoisotopic (exact) mass is 213 g/mol. The van der Waals surface area contributed by atoms with E-state index < -0.39 is 10.0 Å². The van der Waals surface area contributed by atoms with E-state index in [-0.39, 0.29) is 17.7 Å². The average Bonchev–Trinajstić information content (AvgIpc) is 1.83.